The van der Waals surface area contributed by atoms with Gasteiger partial charge in [-0.15, -0.1) is 0 Å². The van der Waals surface area contributed by atoms with Crippen LogP contribution in [0.4, 0.5) is 0 Å². The van der Waals surface area contributed by atoms with Crippen molar-refractivity contribution >= 4 is 17.5 Å². The molecule has 6 heteroatoms. The van der Waals surface area contributed by atoms with Crippen molar-refractivity contribution < 1.29 is 4.79 Å². The predicted octanol–water partition coefficient (Wildman–Crippen LogP) is 2.98. The van der Waals surface area contributed by atoms with E-state index in [2.05, 4.69) is 27.2 Å². The fourth-order valence-electron chi connectivity index (χ4n) is 3.98. The second-order valence-electron chi connectivity index (χ2n) is 7.23. The number of carbonyl (C=O) groups excluding carboxylic acids is 1. The molecule has 1 saturated heterocycles. The van der Waals surface area contributed by atoms with Gasteiger partial charge >= 0.3 is 0 Å². The first kappa shape index (κ1) is 17.6. The molecule has 1 atom stereocenters. The molecule has 26 heavy (non-hydrogen) atoms. The third kappa shape index (κ3) is 3.79. The zero-order chi connectivity index (χ0) is 17.9. The molecule has 1 fully saturated rings. The van der Waals surface area contributed by atoms with Crippen LogP contribution < -0.4 is 5.32 Å². The number of rotatable bonds is 4. The van der Waals surface area contributed by atoms with Crippen LogP contribution in [0.3, 0.4) is 0 Å². The first-order valence-electron chi connectivity index (χ1n) is 9.49. The molecule has 1 N–H and O–H groups in total. The van der Waals surface area contributed by atoms with Crippen LogP contribution in [0.1, 0.15) is 42.1 Å². The lowest BCUT2D eigenvalue weighted by Crippen LogP contribution is -2.28. The second-order valence-corrected chi connectivity index (χ2v) is 7.63. The first-order valence-corrected chi connectivity index (χ1v) is 9.87. The minimum atomic E-state index is 0.223. The number of halogens is 1. The van der Waals surface area contributed by atoms with E-state index in [0.29, 0.717) is 18.8 Å². The summed E-state index contributed by atoms with van der Waals surface area (Å²) >= 11 is 6.31. The quantitative estimate of drug-likeness (QED) is 0.897. The number of hydrogen-bond donors (Lipinski definition) is 1. The SMILES string of the molecule is O=C(CCc1cc2n(n1)CCCNC2)N1CC[C@H](c2ccccc2Cl)C1. The number of benzene rings is 1. The Kier molecular flexibility index (Phi) is 5.27. The Bertz CT molecular complexity index is 764. The van der Waals surface area contributed by atoms with Gasteiger partial charge in [-0.05, 0) is 37.1 Å². The fourth-order valence-corrected chi connectivity index (χ4v) is 4.27. The highest BCUT2D eigenvalue weighted by molar-refractivity contribution is 6.31. The number of carbonyl (C=O) groups is 1. The number of aromatic nitrogens is 2. The Labute approximate surface area is 159 Å². The number of nitrogens with zero attached hydrogens (tertiary/aromatic N) is 3. The van der Waals surface area contributed by atoms with E-state index in [1.807, 2.05) is 23.1 Å². The molecule has 0 saturated carbocycles. The normalized spacial score (nSPS) is 20.0. The molecule has 1 aromatic heterocycles. The molecule has 2 aromatic rings. The summed E-state index contributed by atoms with van der Waals surface area (Å²) in [6.45, 7) is 4.46. The van der Waals surface area contributed by atoms with E-state index in [4.69, 9.17) is 11.6 Å². The lowest BCUT2D eigenvalue weighted by atomic mass is 9.98. The molecule has 4 rings (SSSR count). The zero-order valence-corrected chi connectivity index (χ0v) is 15.7. The number of likely N-dealkylation sites (tertiary alicyclic amines) is 1. The molecular weight excluding hydrogens is 348 g/mol. The third-order valence-corrected chi connectivity index (χ3v) is 5.77. The van der Waals surface area contributed by atoms with Gasteiger partial charge in [-0.25, -0.2) is 0 Å². The van der Waals surface area contributed by atoms with Crippen molar-refractivity contribution in [3.05, 3.63) is 52.3 Å². The molecule has 0 spiro atoms. The predicted molar refractivity (Wildman–Crippen MR) is 102 cm³/mol. The standard InChI is InChI=1S/C20H25ClN4O/c21-19-5-2-1-4-18(19)15-8-11-24(14-15)20(26)7-6-16-12-17-13-22-9-3-10-25(17)23-16/h1-2,4-5,12,15,22H,3,6-11,13-14H2/t15-/m0/s1. The summed E-state index contributed by atoms with van der Waals surface area (Å²) in [5.74, 6) is 0.572. The molecule has 2 aliphatic rings. The van der Waals surface area contributed by atoms with Crippen LogP contribution in [0.5, 0.6) is 0 Å². The number of hydrogen-bond acceptors (Lipinski definition) is 3. The van der Waals surface area contributed by atoms with E-state index in [0.717, 1.165) is 61.8 Å². The number of amides is 1. The molecule has 138 valence electrons. The van der Waals surface area contributed by atoms with Gasteiger partial charge in [0.2, 0.25) is 5.91 Å². The smallest absolute Gasteiger partial charge is 0.222 e. The van der Waals surface area contributed by atoms with E-state index >= 15 is 0 Å². The highest BCUT2D eigenvalue weighted by atomic mass is 35.5. The maximum atomic E-state index is 12.6. The molecule has 2 aliphatic heterocycles. The van der Waals surface area contributed by atoms with Crippen molar-refractivity contribution in [2.24, 2.45) is 0 Å². The van der Waals surface area contributed by atoms with E-state index in [1.54, 1.807) is 0 Å². The lowest BCUT2D eigenvalue weighted by molar-refractivity contribution is -0.130. The van der Waals surface area contributed by atoms with Gasteiger partial charge in [-0.1, -0.05) is 29.8 Å². The molecule has 0 unspecified atom stereocenters. The second kappa shape index (κ2) is 7.80. The first-order chi connectivity index (χ1) is 12.7. The van der Waals surface area contributed by atoms with E-state index in [1.165, 1.54) is 5.69 Å². The molecule has 0 radical (unpaired) electrons. The summed E-state index contributed by atoms with van der Waals surface area (Å²) in [7, 11) is 0. The van der Waals surface area contributed by atoms with E-state index < -0.39 is 0 Å². The van der Waals surface area contributed by atoms with Crippen LogP contribution in [0.15, 0.2) is 30.3 Å². The van der Waals surface area contributed by atoms with Crippen LogP contribution in [0.2, 0.25) is 5.02 Å². The van der Waals surface area contributed by atoms with Gasteiger partial charge in [-0.3, -0.25) is 9.48 Å². The maximum absolute atomic E-state index is 12.6. The van der Waals surface area contributed by atoms with Gasteiger partial charge in [0.25, 0.3) is 0 Å². The summed E-state index contributed by atoms with van der Waals surface area (Å²) in [6, 6.07) is 10.1. The lowest BCUT2D eigenvalue weighted by Gasteiger charge is -2.17. The summed E-state index contributed by atoms with van der Waals surface area (Å²) in [5.41, 5.74) is 3.42. The zero-order valence-electron chi connectivity index (χ0n) is 15.0. The van der Waals surface area contributed by atoms with Gasteiger partial charge in [0.1, 0.15) is 0 Å². The molecule has 1 aromatic carbocycles. The van der Waals surface area contributed by atoms with Crippen LogP contribution in [0, 0.1) is 0 Å². The number of aryl methyl sites for hydroxylation is 2. The topological polar surface area (TPSA) is 50.2 Å². The molecular formula is C20H25ClN4O. The van der Waals surface area contributed by atoms with Crippen molar-refractivity contribution in [1.82, 2.24) is 20.0 Å². The molecule has 0 aliphatic carbocycles. The van der Waals surface area contributed by atoms with Crippen LogP contribution >= 0.6 is 11.6 Å². The third-order valence-electron chi connectivity index (χ3n) is 5.42. The number of fused-ring (bicyclic) bond motifs is 1. The Morgan fingerprint density at radius 1 is 1.31 bits per heavy atom. The Morgan fingerprint density at radius 3 is 3.08 bits per heavy atom. The van der Waals surface area contributed by atoms with Crippen LogP contribution in [-0.2, 0) is 24.3 Å². The maximum Gasteiger partial charge on any atom is 0.222 e. The summed E-state index contributed by atoms with van der Waals surface area (Å²) in [6.07, 6.45) is 3.33. The number of nitrogens with one attached hydrogen (secondary N) is 1. The van der Waals surface area contributed by atoms with Gasteiger partial charge in [0, 0.05) is 50.0 Å². The molecule has 3 heterocycles. The minimum Gasteiger partial charge on any atom is -0.342 e. The van der Waals surface area contributed by atoms with Crippen molar-refractivity contribution in [3.63, 3.8) is 0 Å². The van der Waals surface area contributed by atoms with Crippen molar-refractivity contribution in [2.45, 2.75) is 44.7 Å². The van der Waals surface area contributed by atoms with Gasteiger partial charge in [0.05, 0.1) is 11.4 Å². The van der Waals surface area contributed by atoms with E-state index in [9.17, 15) is 4.79 Å². The van der Waals surface area contributed by atoms with Gasteiger partial charge in [-0.2, -0.15) is 5.10 Å². The highest BCUT2D eigenvalue weighted by Gasteiger charge is 2.28. The average Bonchev–Trinajstić information content (AvgIpc) is 3.23. The Morgan fingerprint density at radius 2 is 2.19 bits per heavy atom. The minimum absolute atomic E-state index is 0.223. The molecule has 0 bridgehead atoms. The van der Waals surface area contributed by atoms with E-state index in [-0.39, 0.29) is 5.91 Å². The largest absolute Gasteiger partial charge is 0.342 e. The summed E-state index contributed by atoms with van der Waals surface area (Å²) < 4.78 is 2.09. The van der Waals surface area contributed by atoms with Gasteiger partial charge < -0.3 is 10.2 Å². The Balaban J connectivity index is 1.32. The van der Waals surface area contributed by atoms with Crippen molar-refractivity contribution in [3.8, 4) is 0 Å². The molecule has 1 amide bonds. The van der Waals surface area contributed by atoms with Crippen molar-refractivity contribution in [1.29, 1.82) is 0 Å². The average molecular weight is 373 g/mol. The summed E-state index contributed by atoms with van der Waals surface area (Å²) in [5, 5.41) is 8.88. The monoisotopic (exact) mass is 372 g/mol. The summed E-state index contributed by atoms with van der Waals surface area (Å²) in [4.78, 5) is 14.6. The molecule has 5 nitrogen and oxygen atoms in total. The van der Waals surface area contributed by atoms with Crippen LogP contribution in [0.25, 0.3) is 0 Å². The van der Waals surface area contributed by atoms with Gasteiger partial charge in [0.15, 0.2) is 0 Å². The fraction of sp³-hybridized carbons (Fsp3) is 0.500. The highest BCUT2D eigenvalue weighted by Crippen LogP contribution is 2.32. The van der Waals surface area contributed by atoms with Crippen molar-refractivity contribution in [2.75, 3.05) is 19.6 Å². The Hall–Kier alpha value is -1.85. The van der Waals surface area contributed by atoms with Crippen LogP contribution in [-0.4, -0.2) is 40.2 Å².